The van der Waals surface area contributed by atoms with Crippen LogP contribution in [0.15, 0.2) is 0 Å². The molecule has 25 heavy (non-hydrogen) atoms. The van der Waals surface area contributed by atoms with Crippen LogP contribution in [0, 0.1) is 5.92 Å². The van der Waals surface area contributed by atoms with Crippen LogP contribution in [0.5, 0.6) is 0 Å². The van der Waals surface area contributed by atoms with E-state index in [2.05, 4.69) is 17.0 Å². The summed E-state index contributed by atoms with van der Waals surface area (Å²) in [6.45, 7) is 4.22. The highest BCUT2D eigenvalue weighted by atomic mass is 32.1. The van der Waals surface area contributed by atoms with E-state index in [0.717, 1.165) is 36.1 Å². The lowest BCUT2D eigenvalue weighted by Gasteiger charge is -2.20. The largest absolute Gasteiger partial charge is 0.469 e. The summed E-state index contributed by atoms with van der Waals surface area (Å²) in [5.74, 6) is -0.513. The lowest BCUT2D eigenvalue weighted by atomic mass is 9.85. The second-order valence-electron chi connectivity index (χ2n) is 6.07. The Morgan fingerprint density at radius 1 is 1.24 bits per heavy atom. The number of hydrogen-bond donors (Lipinski definition) is 1. The fourth-order valence-corrected chi connectivity index (χ4v) is 4.38. The van der Waals surface area contributed by atoms with Gasteiger partial charge in [-0.2, -0.15) is 0 Å². The molecule has 0 spiro atoms. The van der Waals surface area contributed by atoms with E-state index in [1.807, 2.05) is 0 Å². The number of fused-ring (bicyclic) bond motifs is 1. The molecule has 1 aliphatic carbocycles. The number of rotatable bonds is 7. The van der Waals surface area contributed by atoms with E-state index in [0.29, 0.717) is 16.5 Å². The van der Waals surface area contributed by atoms with Crippen molar-refractivity contribution in [3.05, 3.63) is 16.0 Å². The molecule has 0 saturated heterocycles. The van der Waals surface area contributed by atoms with E-state index in [9.17, 15) is 14.4 Å². The number of methoxy groups -OCH3 is 1. The normalized spacial score (nSPS) is 16.0. The van der Waals surface area contributed by atoms with Gasteiger partial charge in [0.2, 0.25) is 5.91 Å². The van der Waals surface area contributed by atoms with Crippen LogP contribution in [0.25, 0.3) is 0 Å². The third kappa shape index (κ3) is 4.81. The molecule has 0 fully saturated rings. The minimum atomic E-state index is -0.433. The lowest BCUT2D eigenvalue weighted by molar-refractivity contribution is -0.141. The van der Waals surface area contributed by atoms with E-state index in [4.69, 9.17) is 4.74 Å². The number of carbonyl (C=O) groups is 3. The van der Waals surface area contributed by atoms with Crippen LogP contribution in [-0.4, -0.2) is 31.6 Å². The molecule has 1 heterocycles. The molecular weight excluding hydrogens is 342 g/mol. The minimum Gasteiger partial charge on any atom is -0.469 e. The van der Waals surface area contributed by atoms with Crippen LogP contribution >= 0.6 is 11.3 Å². The molecule has 1 aliphatic rings. The Morgan fingerprint density at radius 2 is 2.00 bits per heavy atom. The monoisotopic (exact) mass is 367 g/mol. The molecule has 0 radical (unpaired) electrons. The second-order valence-corrected chi connectivity index (χ2v) is 7.17. The van der Waals surface area contributed by atoms with Gasteiger partial charge in [0, 0.05) is 11.3 Å². The van der Waals surface area contributed by atoms with Gasteiger partial charge in [0.1, 0.15) is 5.00 Å². The summed E-state index contributed by atoms with van der Waals surface area (Å²) >= 11 is 1.45. The maximum Gasteiger partial charge on any atom is 0.341 e. The maximum absolute atomic E-state index is 12.4. The van der Waals surface area contributed by atoms with Crippen LogP contribution in [0.4, 0.5) is 5.00 Å². The molecule has 0 aliphatic heterocycles. The van der Waals surface area contributed by atoms with Crippen LogP contribution in [-0.2, 0) is 31.9 Å². The van der Waals surface area contributed by atoms with E-state index in [-0.39, 0.29) is 25.4 Å². The Hall–Kier alpha value is -1.89. The van der Waals surface area contributed by atoms with Crippen molar-refractivity contribution in [2.75, 3.05) is 19.0 Å². The molecule has 1 aromatic rings. The summed E-state index contributed by atoms with van der Waals surface area (Å²) in [4.78, 5) is 36.9. The first-order valence-electron chi connectivity index (χ1n) is 8.68. The van der Waals surface area contributed by atoms with Crippen molar-refractivity contribution in [2.45, 2.75) is 52.4 Å². The molecule has 7 heteroatoms. The van der Waals surface area contributed by atoms with Crippen LogP contribution in [0.1, 0.15) is 60.3 Å². The number of esters is 2. The third-order valence-corrected chi connectivity index (χ3v) is 5.63. The van der Waals surface area contributed by atoms with Crippen molar-refractivity contribution in [1.82, 2.24) is 0 Å². The number of anilines is 1. The highest BCUT2D eigenvalue weighted by Crippen LogP contribution is 2.40. The summed E-state index contributed by atoms with van der Waals surface area (Å²) in [6, 6.07) is 0. The fraction of sp³-hybridized carbons (Fsp3) is 0.611. The average molecular weight is 367 g/mol. The molecule has 2 rings (SSSR count). The highest BCUT2D eigenvalue weighted by molar-refractivity contribution is 7.17. The van der Waals surface area contributed by atoms with Crippen molar-refractivity contribution >= 4 is 34.2 Å². The molecule has 1 atom stereocenters. The van der Waals surface area contributed by atoms with Crippen LogP contribution < -0.4 is 5.32 Å². The molecule has 0 aromatic carbocycles. The van der Waals surface area contributed by atoms with Crippen molar-refractivity contribution < 1.29 is 23.9 Å². The maximum atomic E-state index is 12.4. The van der Waals surface area contributed by atoms with Crippen LogP contribution in [0.2, 0.25) is 0 Å². The number of amides is 1. The van der Waals surface area contributed by atoms with Gasteiger partial charge in [-0.05, 0) is 37.7 Å². The molecule has 1 aromatic heterocycles. The average Bonchev–Trinajstić information content (AvgIpc) is 2.96. The van der Waals surface area contributed by atoms with Gasteiger partial charge in [-0.15, -0.1) is 11.3 Å². The van der Waals surface area contributed by atoms with Gasteiger partial charge in [-0.1, -0.05) is 13.3 Å². The predicted octanol–water partition coefficient (Wildman–Crippen LogP) is 3.33. The van der Waals surface area contributed by atoms with E-state index < -0.39 is 11.9 Å². The zero-order chi connectivity index (χ0) is 18.4. The highest BCUT2D eigenvalue weighted by Gasteiger charge is 2.29. The zero-order valence-electron chi connectivity index (χ0n) is 15.0. The SMILES string of the molecule is CCOC(=O)c1c(NC(=O)CCC(=O)OC)sc2c1CCC(CC)C2. The van der Waals surface area contributed by atoms with Crippen LogP contribution in [0.3, 0.4) is 0 Å². The Balaban J connectivity index is 2.21. The summed E-state index contributed by atoms with van der Waals surface area (Å²) < 4.78 is 9.73. The number of thiophene rings is 1. The summed E-state index contributed by atoms with van der Waals surface area (Å²) in [5.41, 5.74) is 1.50. The quantitative estimate of drug-likeness (QED) is 0.748. The molecule has 138 valence electrons. The van der Waals surface area contributed by atoms with E-state index >= 15 is 0 Å². The first-order valence-corrected chi connectivity index (χ1v) is 9.50. The summed E-state index contributed by atoms with van der Waals surface area (Å²) in [6.07, 6.45) is 3.95. The molecule has 1 amide bonds. The summed E-state index contributed by atoms with van der Waals surface area (Å²) in [7, 11) is 1.29. The van der Waals surface area contributed by atoms with E-state index in [1.54, 1.807) is 6.92 Å². The van der Waals surface area contributed by atoms with Gasteiger partial charge < -0.3 is 14.8 Å². The first-order chi connectivity index (χ1) is 12.0. The topological polar surface area (TPSA) is 81.7 Å². The zero-order valence-corrected chi connectivity index (χ0v) is 15.8. The Bertz CT molecular complexity index is 652. The number of nitrogens with one attached hydrogen (secondary N) is 1. The molecule has 0 saturated carbocycles. The van der Waals surface area contributed by atoms with Gasteiger partial charge >= 0.3 is 11.9 Å². The molecule has 6 nitrogen and oxygen atoms in total. The standard InChI is InChI=1S/C18H25NO5S/c1-4-11-6-7-12-13(10-11)25-17(16(12)18(22)24-5-2)19-14(20)8-9-15(21)23-3/h11H,4-10H2,1-3H3,(H,19,20). The Kier molecular flexibility index (Phi) is 6.99. The Morgan fingerprint density at radius 3 is 2.64 bits per heavy atom. The first kappa shape index (κ1) is 19.4. The van der Waals surface area contributed by atoms with Gasteiger partial charge in [-0.25, -0.2) is 4.79 Å². The van der Waals surface area contributed by atoms with Gasteiger partial charge in [-0.3, -0.25) is 9.59 Å². The van der Waals surface area contributed by atoms with Crippen molar-refractivity contribution in [1.29, 1.82) is 0 Å². The predicted molar refractivity (Wildman–Crippen MR) is 96.0 cm³/mol. The molecular formula is C18H25NO5S. The number of hydrogen-bond acceptors (Lipinski definition) is 6. The van der Waals surface area contributed by atoms with Crippen molar-refractivity contribution in [3.8, 4) is 0 Å². The molecule has 0 bridgehead atoms. The van der Waals surface area contributed by atoms with Crippen molar-refractivity contribution in [2.24, 2.45) is 5.92 Å². The minimum absolute atomic E-state index is 0.0140. The molecule has 1 N–H and O–H groups in total. The van der Waals surface area contributed by atoms with Crippen molar-refractivity contribution in [3.63, 3.8) is 0 Å². The van der Waals surface area contributed by atoms with Gasteiger partial charge in [0.25, 0.3) is 0 Å². The molecule has 1 unspecified atom stereocenters. The second kappa shape index (κ2) is 8.99. The lowest BCUT2D eigenvalue weighted by Crippen LogP contribution is -2.17. The smallest absolute Gasteiger partial charge is 0.341 e. The van der Waals surface area contributed by atoms with E-state index in [1.165, 1.54) is 18.4 Å². The number of ether oxygens (including phenoxy) is 2. The Labute approximate surface area is 151 Å². The fourth-order valence-electron chi connectivity index (χ4n) is 3.02. The number of carbonyl (C=O) groups excluding carboxylic acids is 3. The van der Waals surface area contributed by atoms with Gasteiger partial charge in [0.15, 0.2) is 0 Å². The summed E-state index contributed by atoms with van der Waals surface area (Å²) in [5, 5.41) is 3.33. The third-order valence-electron chi connectivity index (χ3n) is 4.46. The van der Waals surface area contributed by atoms with Gasteiger partial charge in [0.05, 0.1) is 25.7 Å².